The Balaban J connectivity index is 1.60. The molecule has 5 rings (SSSR count). The molecule has 0 aromatic heterocycles. The van der Waals surface area contributed by atoms with E-state index in [1.54, 1.807) is 0 Å². The predicted molar refractivity (Wildman–Crippen MR) is 141 cm³/mol. The van der Waals surface area contributed by atoms with Crippen LogP contribution in [0.4, 0.5) is 0 Å². The normalized spacial score (nSPS) is 10.8. The molecule has 0 bridgehead atoms. The summed E-state index contributed by atoms with van der Waals surface area (Å²) in [7, 11) is 0. The second-order valence-corrected chi connectivity index (χ2v) is 8.49. The molecule has 33 heavy (non-hydrogen) atoms. The molecule has 0 heteroatoms. The Bertz CT molecular complexity index is 1280. The van der Waals surface area contributed by atoms with Gasteiger partial charge in [-0.2, -0.15) is 0 Å². The van der Waals surface area contributed by atoms with Gasteiger partial charge in [-0.3, -0.25) is 0 Å². The average molecular weight is 425 g/mol. The third kappa shape index (κ3) is 4.66. The molecule has 0 amide bonds. The van der Waals surface area contributed by atoms with Crippen molar-refractivity contribution in [2.45, 2.75) is 19.8 Å². The van der Waals surface area contributed by atoms with Gasteiger partial charge in [0.05, 0.1) is 0 Å². The molecular weight excluding hydrogens is 396 g/mol. The first-order valence-corrected chi connectivity index (χ1v) is 11.7. The van der Waals surface area contributed by atoms with Crippen molar-refractivity contribution in [1.29, 1.82) is 0 Å². The van der Waals surface area contributed by atoms with Crippen LogP contribution in [0.25, 0.3) is 33.4 Å². The van der Waals surface area contributed by atoms with E-state index in [2.05, 4.69) is 134 Å². The lowest BCUT2D eigenvalue weighted by Crippen LogP contribution is -1.98. The smallest absolute Gasteiger partial charge is 0.00224 e. The summed E-state index contributed by atoms with van der Waals surface area (Å²) >= 11 is 0. The highest BCUT2D eigenvalue weighted by molar-refractivity contribution is 5.75. The number of rotatable bonds is 6. The van der Waals surface area contributed by atoms with Gasteiger partial charge in [0.25, 0.3) is 0 Å². The zero-order chi connectivity index (χ0) is 22.5. The Morgan fingerprint density at radius 1 is 0.455 bits per heavy atom. The molecule has 0 radical (unpaired) electrons. The Kier molecular flexibility index (Phi) is 6.17. The second-order valence-electron chi connectivity index (χ2n) is 8.49. The molecule has 0 aliphatic heterocycles. The minimum absolute atomic E-state index is 0.921. The molecule has 5 aromatic rings. The van der Waals surface area contributed by atoms with Gasteiger partial charge in [-0.15, -0.1) is 0 Å². The monoisotopic (exact) mass is 424 g/mol. The van der Waals surface area contributed by atoms with Crippen molar-refractivity contribution >= 4 is 0 Å². The standard InChI is InChI=1S/C33H28/c1-2-32-29(19-12-20-33(32)28-17-10-5-11-18-28)21-25-22-30(26-13-6-3-7-14-26)24-31(23-25)27-15-8-4-9-16-27/h3-20,22-24H,2,21H2,1H3. The first-order chi connectivity index (χ1) is 16.3. The summed E-state index contributed by atoms with van der Waals surface area (Å²) in [6.07, 6.45) is 1.94. The molecule has 0 unspecified atom stereocenters. The first kappa shape index (κ1) is 21.0. The van der Waals surface area contributed by atoms with Crippen LogP contribution in [0, 0.1) is 0 Å². The van der Waals surface area contributed by atoms with Crippen LogP contribution in [0.5, 0.6) is 0 Å². The third-order valence-electron chi connectivity index (χ3n) is 6.31. The summed E-state index contributed by atoms with van der Waals surface area (Å²) in [5, 5.41) is 0. The number of hydrogen-bond donors (Lipinski definition) is 0. The summed E-state index contributed by atoms with van der Waals surface area (Å²) in [5.41, 5.74) is 11.9. The maximum atomic E-state index is 2.36. The minimum Gasteiger partial charge on any atom is -0.0622 e. The highest BCUT2D eigenvalue weighted by Crippen LogP contribution is 2.32. The fourth-order valence-corrected chi connectivity index (χ4v) is 4.71. The molecule has 0 N–H and O–H groups in total. The molecule has 0 saturated carbocycles. The van der Waals surface area contributed by atoms with E-state index in [-0.39, 0.29) is 0 Å². The van der Waals surface area contributed by atoms with E-state index in [0.717, 1.165) is 12.8 Å². The highest BCUT2D eigenvalue weighted by Gasteiger charge is 2.11. The molecule has 5 aromatic carbocycles. The van der Waals surface area contributed by atoms with E-state index in [1.165, 1.54) is 50.1 Å². The zero-order valence-corrected chi connectivity index (χ0v) is 19.0. The van der Waals surface area contributed by atoms with Crippen LogP contribution in [0.2, 0.25) is 0 Å². The van der Waals surface area contributed by atoms with E-state index in [1.807, 2.05) is 0 Å². The highest BCUT2D eigenvalue weighted by atomic mass is 14.2. The lowest BCUT2D eigenvalue weighted by Gasteiger charge is -2.16. The molecule has 0 nitrogen and oxygen atoms in total. The van der Waals surface area contributed by atoms with Gasteiger partial charge in [0.15, 0.2) is 0 Å². The van der Waals surface area contributed by atoms with Gasteiger partial charge in [-0.1, -0.05) is 128 Å². The fourth-order valence-electron chi connectivity index (χ4n) is 4.71. The van der Waals surface area contributed by atoms with Crippen molar-refractivity contribution in [2.75, 3.05) is 0 Å². The van der Waals surface area contributed by atoms with Gasteiger partial charge in [-0.05, 0) is 69.0 Å². The van der Waals surface area contributed by atoms with Crippen molar-refractivity contribution in [3.05, 3.63) is 144 Å². The summed E-state index contributed by atoms with van der Waals surface area (Å²) in [6, 6.07) is 45.9. The van der Waals surface area contributed by atoms with E-state index in [4.69, 9.17) is 0 Å². The zero-order valence-electron chi connectivity index (χ0n) is 19.0. The fraction of sp³-hybridized carbons (Fsp3) is 0.0909. The number of hydrogen-bond acceptors (Lipinski definition) is 0. The van der Waals surface area contributed by atoms with Gasteiger partial charge in [0.2, 0.25) is 0 Å². The van der Waals surface area contributed by atoms with Crippen LogP contribution in [0.15, 0.2) is 127 Å². The van der Waals surface area contributed by atoms with Crippen LogP contribution in [0.3, 0.4) is 0 Å². The Hall–Kier alpha value is -3.90. The molecule has 0 spiro atoms. The van der Waals surface area contributed by atoms with E-state index < -0.39 is 0 Å². The van der Waals surface area contributed by atoms with Crippen molar-refractivity contribution in [3.63, 3.8) is 0 Å². The average Bonchev–Trinajstić information content (AvgIpc) is 2.90. The van der Waals surface area contributed by atoms with Gasteiger partial charge in [-0.25, -0.2) is 0 Å². The summed E-state index contributed by atoms with van der Waals surface area (Å²) in [5.74, 6) is 0. The topological polar surface area (TPSA) is 0 Å². The van der Waals surface area contributed by atoms with E-state index in [0.29, 0.717) is 0 Å². The molecule has 0 aliphatic rings. The van der Waals surface area contributed by atoms with Crippen LogP contribution in [0.1, 0.15) is 23.6 Å². The van der Waals surface area contributed by atoms with Crippen LogP contribution < -0.4 is 0 Å². The second kappa shape index (κ2) is 9.71. The molecule has 160 valence electrons. The van der Waals surface area contributed by atoms with Crippen molar-refractivity contribution in [2.24, 2.45) is 0 Å². The van der Waals surface area contributed by atoms with Gasteiger partial charge < -0.3 is 0 Å². The molecule has 0 saturated heterocycles. The Morgan fingerprint density at radius 2 is 0.970 bits per heavy atom. The van der Waals surface area contributed by atoms with Gasteiger partial charge in [0, 0.05) is 0 Å². The summed E-state index contributed by atoms with van der Waals surface area (Å²) < 4.78 is 0. The maximum Gasteiger partial charge on any atom is -0.00224 e. The molecule has 0 atom stereocenters. The lowest BCUT2D eigenvalue weighted by molar-refractivity contribution is 1.06. The SMILES string of the molecule is CCc1c(Cc2cc(-c3ccccc3)cc(-c3ccccc3)c2)cccc1-c1ccccc1. The maximum absolute atomic E-state index is 2.36. The molecular formula is C33H28. The van der Waals surface area contributed by atoms with Crippen molar-refractivity contribution in [3.8, 4) is 33.4 Å². The quantitative estimate of drug-likeness (QED) is 0.255. The summed E-state index contributed by atoms with van der Waals surface area (Å²) in [4.78, 5) is 0. The van der Waals surface area contributed by atoms with E-state index >= 15 is 0 Å². The summed E-state index contributed by atoms with van der Waals surface area (Å²) in [6.45, 7) is 2.26. The Labute approximate surface area is 197 Å². The molecule has 0 heterocycles. The van der Waals surface area contributed by atoms with Gasteiger partial charge >= 0.3 is 0 Å². The van der Waals surface area contributed by atoms with Crippen LogP contribution in [-0.4, -0.2) is 0 Å². The van der Waals surface area contributed by atoms with Gasteiger partial charge in [0.1, 0.15) is 0 Å². The van der Waals surface area contributed by atoms with E-state index in [9.17, 15) is 0 Å². The molecule has 0 fully saturated rings. The molecule has 0 aliphatic carbocycles. The first-order valence-electron chi connectivity index (χ1n) is 11.7. The third-order valence-corrected chi connectivity index (χ3v) is 6.31. The lowest BCUT2D eigenvalue weighted by atomic mass is 9.89. The minimum atomic E-state index is 0.921. The number of benzene rings is 5. The van der Waals surface area contributed by atoms with Crippen LogP contribution >= 0.6 is 0 Å². The van der Waals surface area contributed by atoms with Crippen LogP contribution in [-0.2, 0) is 12.8 Å². The van der Waals surface area contributed by atoms with Crippen molar-refractivity contribution in [1.82, 2.24) is 0 Å². The Morgan fingerprint density at radius 3 is 1.48 bits per heavy atom. The predicted octanol–water partition coefficient (Wildman–Crippen LogP) is 8.84. The largest absolute Gasteiger partial charge is 0.0622 e. The van der Waals surface area contributed by atoms with Crippen molar-refractivity contribution < 1.29 is 0 Å².